The molecule has 0 bridgehead atoms. The maximum Gasteiger partial charge on any atom is 0.259 e. The number of nitrogens with zero attached hydrogens (tertiary/aromatic N) is 2. The van der Waals surface area contributed by atoms with E-state index < -0.39 is 6.04 Å². The molecule has 0 fully saturated rings. The van der Waals surface area contributed by atoms with Crippen LogP contribution in [-0.4, -0.2) is 34.7 Å². The molecule has 0 saturated carbocycles. The van der Waals surface area contributed by atoms with Crippen LogP contribution in [0.25, 0.3) is 5.70 Å². The first-order chi connectivity index (χ1) is 11.5. The summed E-state index contributed by atoms with van der Waals surface area (Å²) in [4.78, 5) is 28.5. The van der Waals surface area contributed by atoms with Gasteiger partial charge < -0.3 is 4.90 Å². The molecule has 24 heavy (non-hydrogen) atoms. The molecule has 2 aromatic rings. The molecule has 1 aliphatic rings. The molecule has 0 spiro atoms. The van der Waals surface area contributed by atoms with Gasteiger partial charge in [-0.3, -0.25) is 14.5 Å². The third-order valence-corrected chi connectivity index (χ3v) is 4.36. The average molecular weight is 320 g/mol. The summed E-state index contributed by atoms with van der Waals surface area (Å²) in [6.07, 6.45) is 0. The van der Waals surface area contributed by atoms with Crippen molar-refractivity contribution in [2.45, 2.75) is 19.5 Å². The Labute approximate surface area is 142 Å². The lowest BCUT2D eigenvalue weighted by Gasteiger charge is -2.28. The first kappa shape index (κ1) is 16.0. The summed E-state index contributed by atoms with van der Waals surface area (Å²) in [5.41, 5.74) is 3.04. The molecule has 1 atom stereocenters. The zero-order chi connectivity index (χ0) is 17.3. The highest BCUT2D eigenvalue weighted by atomic mass is 16.2. The van der Waals surface area contributed by atoms with Crippen molar-refractivity contribution in [3.8, 4) is 0 Å². The lowest BCUT2D eigenvalue weighted by Crippen LogP contribution is -2.45. The number of amides is 2. The van der Waals surface area contributed by atoms with E-state index in [9.17, 15) is 9.59 Å². The van der Waals surface area contributed by atoms with Gasteiger partial charge in [0.2, 0.25) is 5.91 Å². The van der Waals surface area contributed by atoms with Crippen molar-refractivity contribution in [2.75, 3.05) is 7.05 Å². The summed E-state index contributed by atoms with van der Waals surface area (Å²) in [5.74, 6) is -0.272. The lowest BCUT2D eigenvalue weighted by atomic mass is 10.1. The van der Waals surface area contributed by atoms with Crippen LogP contribution >= 0.6 is 0 Å². The van der Waals surface area contributed by atoms with Crippen LogP contribution in [0.15, 0.2) is 61.2 Å². The minimum atomic E-state index is -0.592. The summed E-state index contributed by atoms with van der Waals surface area (Å²) < 4.78 is 0. The molecule has 1 aliphatic heterocycles. The Balaban J connectivity index is 1.77. The van der Waals surface area contributed by atoms with Crippen molar-refractivity contribution < 1.29 is 9.59 Å². The quantitative estimate of drug-likeness (QED) is 0.868. The van der Waals surface area contributed by atoms with E-state index in [4.69, 9.17) is 0 Å². The predicted molar refractivity (Wildman–Crippen MR) is 94.0 cm³/mol. The smallest absolute Gasteiger partial charge is 0.259 e. The maximum atomic E-state index is 12.8. The van der Waals surface area contributed by atoms with Gasteiger partial charge >= 0.3 is 0 Å². The van der Waals surface area contributed by atoms with Crippen LogP contribution in [-0.2, 0) is 11.3 Å². The monoisotopic (exact) mass is 320 g/mol. The summed E-state index contributed by atoms with van der Waals surface area (Å²) in [6.45, 7) is 6.26. The number of carbonyl (C=O) groups is 2. The molecule has 0 N–H and O–H groups in total. The van der Waals surface area contributed by atoms with Crippen LogP contribution in [0.4, 0.5) is 0 Å². The highest BCUT2D eigenvalue weighted by Crippen LogP contribution is 2.33. The Hall–Kier alpha value is -2.88. The number of fused-ring (bicyclic) bond motifs is 1. The van der Waals surface area contributed by atoms with Crippen LogP contribution in [0.3, 0.4) is 0 Å². The van der Waals surface area contributed by atoms with Gasteiger partial charge in [0, 0.05) is 30.4 Å². The van der Waals surface area contributed by atoms with Gasteiger partial charge in [-0.1, -0.05) is 55.1 Å². The summed E-state index contributed by atoms with van der Waals surface area (Å²) in [7, 11) is 1.75. The fourth-order valence-electron chi connectivity index (χ4n) is 3.08. The van der Waals surface area contributed by atoms with Crippen LogP contribution < -0.4 is 0 Å². The second-order valence-corrected chi connectivity index (χ2v) is 6.02. The van der Waals surface area contributed by atoms with Gasteiger partial charge in [0.25, 0.3) is 5.91 Å². The first-order valence-corrected chi connectivity index (χ1v) is 7.91. The van der Waals surface area contributed by atoms with Crippen molar-refractivity contribution in [3.63, 3.8) is 0 Å². The normalized spacial score (nSPS) is 14.5. The topological polar surface area (TPSA) is 40.6 Å². The fourth-order valence-corrected chi connectivity index (χ4v) is 3.08. The number of rotatable bonds is 4. The van der Waals surface area contributed by atoms with Crippen LogP contribution in [0.5, 0.6) is 0 Å². The second-order valence-electron chi connectivity index (χ2n) is 6.02. The molecule has 0 aliphatic carbocycles. The molecule has 3 rings (SSSR count). The SMILES string of the molecule is C=C1c2ccccc2C(=O)N1C(C)C(=O)N(C)Cc1ccccc1. The zero-order valence-corrected chi connectivity index (χ0v) is 13.9. The molecule has 2 amide bonds. The molecule has 0 aromatic heterocycles. The van der Waals surface area contributed by atoms with Crippen LogP contribution in [0.2, 0.25) is 0 Å². The zero-order valence-electron chi connectivity index (χ0n) is 13.9. The van der Waals surface area contributed by atoms with Crippen molar-refractivity contribution in [1.29, 1.82) is 0 Å². The molecule has 4 nitrogen and oxygen atoms in total. The van der Waals surface area contributed by atoms with Gasteiger partial charge in [0.15, 0.2) is 0 Å². The van der Waals surface area contributed by atoms with Crippen molar-refractivity contribution in [2.24, 2.45) is 0 Å². The minimum Gasteiger partial charge on any atom is -0.340 e. The Bertz CT molecular complexity index is 763. The van der Waals surface area contributed by atoms with E-state index >= 15 is 0 Å². The first-order valence-electron chi connectivity index (χ1n) is 7.91. The van der Waals surface area contributed by atoms with Crippen LogP contribution in [0.1, 0.15) is 28.4 Å². The molecular formula is C20H20N2O2. The van der Waals surface area contributed by atoms with Gasteiger partial charge in [-0.15, -0.1) is 0 Å². The van der Waals surface area contributed by atoms with E-state index in [0.29, 0.717) is 17.8 Å². The number of hydrogen-bond donors (Lipinski definition) is 0. The van der Waals surface area contributed by atoms with E-state index in [1.807, 2.05) is 48.5 Å². The van der Waals surface area contributed by atoms with E-state index in [1.165, 1.54) is 4.90 Å². The summed E-state index contributed by atoms with van der Waals surface area (Å²) >= 11 is 0. The van der Waals surface area contributed by atoms with Crippen molar-refractivity contribution >= 4 is 17.5 Å². The molecule has 4 heteroatoms. The lowest BCUT2D eigenvalue weighted by molar-refractivity contribution is -0.133. The molecule has 0 radical (unpaired) electrons. The number of hydrogen-bond acceptors (Lipinski definition) is 2. The maximum absolute atomic E-state index is 12.8. The molecule has 1 heterocycles. The molecule has 1 unspecified atom stereocenters. The summed E-state index contributed by atoms with van der Waals surface area (Å²) in [5, 5.41) is 0. The third kappa shape index (κ3) is 2.71. The molecule has 2 aromatic carbocycles. The van der Waals surface area contributed by atoms with E-state index in [0.717, 1.165) is 11.1 Å². The van der Waals surface area contributed by atoms with Crippen LogP contribution in [0, 0.1) is 0 Å². The van der Waals surface area contributed by atoms with Crippen molar-refractivity contribution in [3.05, 3.63) is 77.9 Å². The Morgan fingerprint density at radius 1 is 1.08 bits per heavy atom. The third-order valence-electron chi connectivity index (χ3n) is 4.36. The minimum absolute atomic E-state index is 0.110. The highest BCUT2D eigenvalue weighted by Gasteiger charge is 2.37. The van der Waals surface area contributed by atoms with E-state index in [-0.39, 0.29) is 11.8 Å². The number of benzene rings is 2. The number of carbonyl (C=O) groups excluding carboxylic acids is 2. The Morgan fingerprint density at radius 3 is 2.29 bits per heavy atom. The van der Waals surface area contributed by atoms with E-state index in [2.05, 4.69) is 6.58 Å². The second kappa shape index (κ2) is 6.32. The van der Waals surface area contributed by atoms with Gasteiger partial charge in [0.1, 0.15) is 6.04 Å². The average Bonchev–Trinajstić information content (AvgIpc) is 2.86. The van der Waals surface area contributed by atoms with E-state index in [1.54, 1.807) is 24.9 Å². The highest BCUT2D eigenvalue weighted by molar-refractivity contribution is 6.10. The Morgan fingerprint density at radius 2 is 1.67 bits per heavy atom. The van der Waals surface area contributed by atoms with Gasteiger partial charge in [0.05, 0.1) is 0 Å². The van der Waals surface area contributed by atoms with Gasteiger partial charge in [-0.2, -0.15) is 0 Å². The van der Waals surface area contributed by atoms with Crippen molar-refractivity contribution in [1.82, 2.24) is 9.80 Å². The van der Waals surface area contributed by atoms with Gasteiger partial charge in [-0.05, 0) is 18.6 Å². The largest absolute Gasteiger partial charge is 0.340 e. The molecule has 122 valence electrons. The van der Waals surface area contributed by atoms with Gasteiger partial charge in [-0.25, -0.2) is 0 Å². The number of likely N-dealkylation sites (N-methyl/N-ethyl adjacent to an activating group) is 1. The Kier molecular flexibility index (Phi) is 4.21. The molecular weight excluding hydrogens is 300 g/mol. The predicted octanol–water partition coefficient (Wildman–Crippen LogP) is 3.16. The summed E-state index contributed by atoms with van der Waals surface area (Å²) in [6, 6.07) is 16.5. The standard InChI is InChI=1S/C20H20N2O2/c1-14-17-11-7-8-12-18(17)20(24)22(14)15(2)19(23)21(3)13-16-9-5-4-6-10-16/h4-12,15H,1,13H2,2-3H3. The molecule has 0 saturated heterocycles. The fraction of sp³-hybridized carbons (Fsp3) is 0.200.